The Hall–Kier alpha value is -0.570. The summed E-state index contributed by atoms with van der Waals surface area (Å²) in [7, 11) is 1.31. The second kappa shape index (κ2) is 6.55. The molecule has 0 atom stereocenters. The Labute approximate surface area is 61.5 Å². The van der Waals surface area contributed by atoms with Gasteiger partial charge >= 0.3 is 0 Å². The van der Waals surface area contributed by atoms with Crippen LogP contribution < -0.4 is 5.73 Å². The van der Waals surface area contributed by atoms with Gasteiger partial charge in [0.1, 0.15) is 0 Å². The molecule has 1 saturated carbocycles. The number of ether oxygens (including phenoxy) is 1. The van der Waals surface area contributed by atoms with E-state index in [1.54, 1.807) is 0 Å². The third-order valence-corrected chi connectivity index (χ3v) is 1.50. The van der Waals surface area contributed by atoms with Crippen LogP contribution in [-0.4, -0.2) is 19.6 Å². The zero-order chi connectivity index (χ0) is 7.82. The summed E-state index contributed by atoms with van der Waals surface area (Å²) in [5.74, 6) is 0. The summed E-state index contributed by atoms with van der Waals surface area (Å²) in [4.78, 5) is 8.95. The van der Waals surface area contributed by atoms with Gasteiger partial charge in [-0.1, -0.05) is 12.8 Å². The first-order valence-corrected chi connectivity index (χ1v) is 3.53. The number of carbonyl (C=O) groups is 1. The lowest BCUT2D eigenvalue weighted by Crippen LogP contribution is -2.13. The van der Waals surface area contributed by atoms with E-state index in [0.29, 0.717) is 12.5 Å². The van der Waals surface area contributed by atoms with Gasteiger partial charge in [-0.25, -0.2) is 0 Å². The minimum absolute atomic E-state index is 0.375. The zero-order valence-electron chi connectivity index (χ0n) is 6.38. The predicted molar refractivity (Wildman–Crippen MR) is 39.5 cm³/mol. The van der Waals surface area contributed by atoms with E-state index in [1.165, 1.54) is 32.8 Å². The van der Waals surface area contributed by atoms with Crippen molar-refractivity contribution in [3.63, 3.8) is 0 Å². The van der Waals surface area contributed by atoms with E-state index in [-0.39, 0.29) is 0 Å². The highest BCUT2D eigenvalue weighted by Crippen LogP contribution is 2.14. The van der Waals surface area contributed by atoms with E-state index in [1.807, 2.05) is 0 Å². The van der Waals surface area contributed by atoms with Gasteiger partial charge in [0.2, 0.25) is 0 Å². The number of carbonyl (C=O) groups excluding carboxylic acids is 1. The average Bonchev–Trinajstić information content (AvgIpc) is 2.40. The van der Waals surface area contributed by atoms with Crippen LogP contribution in [0.1, 0.15) is 25.7 Å². The van der Waals surface area contributed by atoms with E-state index >= 15 is 0 Å². The van der Waals surface area contributed by atoms with Gasteiger partial charge in [-0.15, -0.1) is 0 Å². The summed E-state index contributed by atoms with van der Waals surface area (Å²) < 4.78 is 3.86. The molecule has 3 heteroatoms. The van der Waals surface area contributed by atoms with Crippen LogP contribution in [0.5, 0.6) is 0 Å². The quantitative estimate of drug-likeness (QED) is 0.552. The van der Waals surface area contributed by atoms with Crippen LogP contribution in [-0.2, 0) is 9.53 Å². The SMILES string of the molecule is COC=O.NC1CCCC1. The van der Waals surface area contributed by atoms with Gasteiger partial charge in [0, 0.05) is 6.04 Å². The van der Waals surface area contributed by atoms with Gasteiger partial charge in [0.05, 0.1) is 7.11 Å². The number of methoxy groups -OCH3 is 1. The molecular formula is C7H15NO2. The lowest BCUT2D eigenvalue weighted by molar-refractivity contribution is -0.126. The summed E-state index contributed by atoms with van der Waals surface area (Å²) in [6.45, 7) is 0.375. The molecule has 10 heavy (non-hydrogen) atoms. The van der Waals surface area contributed by atoms with Gasteiger partial charge < -0.3 is 10.5 Å². The topological polar surface area (TPSA) is 52.3 Å². The zero-order valence-corrected chi connectivity index (χ0v) is 6.38. The molecule has 3 nitrogen and oxygen atoms in total. The Bertz CT molecular complexity index is 79.7. The fourth-order valence-corrected chi connectivity index (χ4v) is 0.957. The maximum Gasteiger partial charge on any atom is 0.292 e. The smallest absolute Gasteiger partial charge is 0.292 e. The van der Waals surface area contributed by atoms with Crippen molar-refractivity contribution in [3.8, 4) is 0 Å². The molecule has 0 aromatic heterocycles. The summed E-state index contributed by atoms with van der Waals surface area (Å²) >= 11 is 0. The molecule has 1 rings (SSSR count). The normalized spacial score (nSPS) is 17.4. The number of rotatable bonds is 1. The Morgan fingerprint density at radius 3 is 2.00 bits per heavy atom. The van der Waals surface area contributed by atoms with E-state index < -0.39 is 0 Å². The maximum atomic E-state index is 8.95. The van der Waals surface area contributed by atoms with Crippen molar-refractivity contribution in [2.45, 2.75) is 31.7 Å². The lowest BCUT2D eigenvalue weighted by Gasteiger charge is -1.92. The highest BCUT2D eigenvalue weighted by Gasteiger charge is 2.07. The van der Waals surface area contributed by atoms with Gasteiger partial charge in [-0.3, -0.25) is 4.79 Å². The Balaban J connectivity index is 0.000000180. The molecular weight excluding hydrogens is 130 g/mol. The standard InChI is InChI=1S/C5H11N.C2H4O2/c6-5-3-1-2-4-5;1-4-2-3/h5H,1-4,6H2;2H,1H3. The van der Waals surface area contributed by atoms with Crippen LogP contribution in [0.4, 0.5) is 0 Å². The second-order valence-electron chi connectivity index (χ2n) is 2.38. The average molecular weight is 145 g/mol. The molecule has 0 amide bonds. The number of hydrogen-bond donors (Lipinski definition) is 1. The van der Waals surface area contributed by atoms with Crippen molar-refractivity contribution in [2.75, 3.05) is 7.11 Å². The largest absolute Gasteiger partial charge is 0.471 e. The van der Waals surface area contributed by atoms with Gasteiger partial charge in [0.25, 0.3) is 6.47 Å². The highest BCUT2D eigenvalue weighted by molar-refractivity contribution is 5.36. The Morgan fingerprint density at radius 2 is 1.90 bits per heavy atom. The summed E-state index contributed by atoms with van der Waals surface area (Å²) in [5, 5.41) is 0. The van der Waals surface area contributed by atoms with E-state index in [2.05, 4.69) is 4.74 Å². The van der Waals surface area contributed by atoms with E-state index in [4.69, 9.17) is 10.5 Å². The highest BCUT2D eigenvalue weighted by atomic mass is 16.5. The molecule has 0 radical (unpaired) electrons. The molecule has 0 bridgehead atoms. The van der Waals surface area contributed by atoms with Crippen molar-refractivity contribution in [2.24, 2.45) is 5.73 Å². The van der Waals surface area contributed by atoms with Crippen molar-refractivity contribution >= 4 is 6.47 Å². The number of hydrogen-bond acceptors (Lipinski definition) is 3. The first-order chi connectivity index (χ1) is 4.81. The first-order valence-electron chi connectivity index (χ1n) is 3.53. The molecule has 0 aromatic rings. The lowest BCUT2D eigenvalue weighted by atomic mass is 10.3. The fourth-order valence-electron chi connectivity index (χ4n) is 0.957. The molecule has 60 valence electrons. The Morgan fingerprint density at radius 1 is 1.50 bits per heavy atom. The van der Waals surface area contributed by atoms with Gasteiger partial charge in [0.15, 0.2) is 0 Å². The molecule has 0 aromatic carbocycles. The molecule has 2 N–H and O–H groups in total. The summed E-state index contributed by atoms with van der Waals surface area (Å²) in [6, 6.07) is 0.546. The first kappa shape index (κ1) is 9.43. The van der Waals surface area contributed by atoms with Crippen LogP contribution in [0.2, 0.25) is 0 Å². The van der Waals surface area contributed by atoms with Crippen molar-refractivity contribution in [1.82, 2.24) is 0 Å². The van der Waals surface area contributed by atoms with E-state index in [9.17, 15) is 0 Å². The van der Waals surface area contributed by atoms with E-state index in [0.717, 1.165) is 0 Å². The van der Waals surface area contributed by atoms with Crippen molar-refractivity contribution in [1.29, 1.82) is 0 Å². The third kappa shape index (κ3) is 5.56. The predicted octanol–water partition coefficient (Wildman–Crippen LogP) is 0.677. The number of nitrogens with two attached hydrogens (primary N) is 1. The Kier molecular flexibility index (Phi) is 6.18. The van der Waals surface area contributed by atoms with Crippen LogP contribution in [0.15, 0.2) is 0 Å². The van der Waals surface area contributed by atoms with Crippen LogP contribution in [0.3, 0.4) is 0 Å². The molecule has 0 heterocycles. The molecule has 1 aliphatic rings. The van der Waals surface area contributed by atoms with Gasteiger partial charge in [-0.05, 0) is 12.8 Å². The molecule has 0 spiro atoms. The summed E-state index contributed by atoms with van der Waals surface area (Å²) in [5.41, 5.74) is 5.53. The van der Waals surface area contributed by atoms with Crippen LogP contribution >= 0.6 is 0 Å². The van der Waals surface area contributed by atoms with Crippen molar-refractivity contribution < 1.29 is 9.53 Å². The van der Waals surface area contributed by atoms with Gasteiger partial charge in [-0.2, -0.15) is 0 Å². The minimum Gasteiger partial charge on any atom is -0.471 e. The summed E-state index contributed by atoms with van der Waals surface area (Å²) in [6.07, 6.45) is 5.25. The monoisotopic (exact) mass is 145 g/mol. The van der Waals surface area contributed by atoms with Crippen molar-refractivity contribution in [3.05, 3.63) is 0 Å². The molecule has 0 saturated heterocycles. The molecule has 0 aliphatic heterocycles. The maximum absolute atomic E-state index is 8.95. The fraction of sp³-hybridized carbons (Fsp3) is 0.857. The van der Waals surface area contributed by atoms with Crippen LogP contribution in [0, 0.1) is 0 Å². The molecule has 1 aliphatic carbocycles. The second-order valence-corrected chi connectivity index (χ2v) is 2.38. The third-order valence-electron chi connectivity index (χ3n) is 1.50. The molecule has 0 unspecified atom stereocenters. The molecule has 1 fully saturated rings. The van der Waals surface area contributed by atoms with Crippen LogP contribution in [0.25, 0.3) is 0 Å². The minimum atomic E-state index is 0.375.